The second-order valence-electron chi connectivity index (χ2n) is 4.27. The monoisotopic (exact) mass is 288 g/mol. The number of H-pyrrole nitrogens is 1. The van der Waals surface area contributed by atoms with E-state index in [0.717, 1.165) is 24.2 Å². The van der Waals surface area contributed by atoms with Gasteiger partial charge in [-0.15, -0.1) is 0 Å². The summed E-state index contributed by atoms with van der Waals surface area (Å²) in [6.07, 6.45) is 8.36. The SMILES string of the molecule is CC.CCOC(=O)c1nc2oc(C3=CCCC=C3)cc2[nH]1. The topological polar surface area (TPSA) is 68.1 Å². The number of hydrogen-bond donors (Lipinski definition) is 1. The number of rotatable bonds is 3. The highest BCUT2D eigenvalue weighted by molar-refractivity contribution is 5.90. The summed E-state index contributed by atoms with van der Waals surface area (Å²) in [7, 11) is 0. The van der Waals surface area contributed by atoms with Gasteiger partial charge in [0.15, 0.2) is 0 Å². The fraction of sp³-hybridized carbons (Fsp3) is 0.375. The molecule has 112 valence electrons. The molecule has 21 heavy (non-hydrogen) atoms. The first-order valence-corrected chi connectivity index (χ1v) is 7.31. The predicted octanol–water partition coefficient (Wildman–Crippen LogP) is 4.09. The number of carbonyl (C=O) groups excluding carboxylic acids is 1. The standard InChI is InChI=1S/C14H14N2O3.C2H6/c1-2-18-14(17)12-15-10-8-11(19-13(10)16-12)9-6-4-3-5-7-9;1-2/h4,6-8H,2-3,5H2,1H3,(H,15,16);1-2H3. The number of esters is 1. The Bertz CT molecular complexity index is 645. The van der Waals surface area contributed by atoms with Gasteiger partial charge in [-0.25, -0.2) is 4.79 Å². The first kappa shape index (κ1) is 15.1. The zero-order chi connectivity index (χ0) is 15.2. The summed E-state index contributed by atoms with van der Waals surface area (Å²) in [6.45, 7) is 6.08. The molecule has 2 heterocycles. The van der Waals surface area contributed by atoms with Crippen LogP contribution >= 0.6 is 0 Å². The molecule has 1 aliphatic carbocycles. The molecule has 3 rings (SSSR count). The molecule has 0 saturated heterocycles. The van der Waals surface area contributed by atoms with E-state index in [0.29, 0.717) is 17.8 Å². The quantitative estimate of drug-likeness (QED) is 0.864. The summed E-state index contributed by atoms with van der Waals surface area (Å²) >= 11 is 0. The van der Waals surface area contributed by atoms with E-state index in [1.54, 1.807) is 6.92 Å². The molecule has 1 aliphatic rings. The molecule has 0 atom stereocenters. The van der Waals surface area contributed by atoms with E-state index < -0.39 is 5.97 Å². The number of nitrogens with one attached hydrogen (secondary N) is 1. The number of carbonyl (C=O) groups is 1. The number of nitrogens with zero attached hydrogens (tertiary/aromatic N) is 1. The Morgan fingerprint density at radius 2 is 2.24 bits per heavy atom. The second-order valence-corrected chi connectivity index (χ2v) is 4.27. The van der Waals surface area contributed by atoms with E-state index in [9.17, 15) is 4.79 Å². The zero-order valence-corrected chi connectivity index (χ0v) is 12.6. The molecule has 5 heteroatoms. The Morgan fingerprint density at radius 3 is 2.86 bits per heavy atom. The maximum atomic E-state index is 11.5. The highest BCUT2D eigenvalue weighted by Gasteiger charge is 2.16. The predicted molar refractivity (Wildman–Crippen MR) is 82.0 cm³/mol. The molecule has 1 N–H and O–H groups in total. The third kappa shape index (κ3) is 3.24. The van der Waals surface area contributed by atoms with Crippen molar-refractivity contribution < 1.29 is 13.9 Å². The van der Waals surface area contributed by atoms with Gasteiger partial charge in [-0.3, -0.25) is 0 Å². The lowest BCUT2D eigenvalue weighted by molar-refractivity contribution is 0.0513. The van der Waals surface area contributed by atoms with Crippen LogP contribution in [0, 0.1) is 0 Å². The normalized spacial score (nSPS) is 13.6. The summed E-state index contributed by atoms with van der Waals surface area (Å²) in [5.74, 6) is 0.475. The van der Waals surface area contributed by atoms with Gasteiger partial charge in [0.05, 0.1) is 6.61 Å². The van der Waals surface area contributed by atoms with Gasteiger partial charge in [0.2, 0.25) is 11.5 Å². The minimum Gasteiger partial charge on any atom is -0.460 e. The highest BCUT2D eigenvalue weighted by Crippen LogP contribution is 2.26. The molecular formula is C16H20N2O3. The molecule has 0 aliphatic heterocycles. The number of imidazole rings is 1. The van der Waals surface area contributed by atoms with E-state index in [-0.39, 0.29) is 5.82 Å². The van der Waals surface area contributed by atoms with E-state index in [1.165, 1.54) is 0 Å². The molecule has 2 aromatic rings. The fourth-order valence-corrected chi connectivity index (χ4v) is 2.05. The van der Waals surface area contributed by atoms with Gasteiger partial charge in [-0.05, 0) is 19.8 Å². The number of allylic oxidation sites excluding steroid dienone is 4. The van der Waals surface area contributed by atoms with Gasteiger partial charge >= 0.3 is 5.97 Å². The van der Waals surface area contributed by atoms with E-state index in [2.05, 4.69) is 22.1 Å². The fourth-order valence-electron chi connectivity index (χ4n) is 2.05. The zero-order valence-electron chi connectivity index (χ0n) is 12.6. The van der Waals surface area contributed by atoms with Crippen LogP contribution in [0.4, 0.5) is 0 Å². The van der Waals surface area contributed by atoms with Crippen molar-refractivity contribution in [3.8, 4) is 0 Å². The smallest absolute Gasteiger partial charge is 0.374 e. The van der Waals surface area contributed by atoms with Crippen LogP contribution in [-0.2, 0) is 4.74 Å². The van der Waals surface area contributed by atoms with Crippen molar-refractivity contribution in [2.75, 3.05) is 6.61 Å². The van der Waals surface area contributed by atoms with Crippen molar-refractivity contribution in [3.05, 3.63) is 35.9 Å². The highest BCUT2D eigenvalue weighted by atomic mass is 16.5. The summed E-state index contributed by atoms with van der Waals surface area (Å²) in [5, 5.41) is 0. The van der Waals surface area contributed by atoms with Gasteiger partial charge in [0, 0.05) is 11.6 Å². The van der Waals surface area contributed by atoms with Crippen LogP contribution in [0.2, 0.25) is 0 Å². The maximum Gasteiger partial charge on any atom is 0.374 e. The minimum atomic E-state index is -0.466. The number of aromatic amines is 1. The van der Waals surface area contributed by atoms with Crippen molar-refractivity contribution >= 4 is 22.8 Å². The average molecular weight is 288 g/mol. The van der Waals surface area contributed by atoms with Gasteiger partial charge in [-0.2, -0.15) is 4.98 Å². The molecule has 0 fully saturated rings. The Kier molecular flexibility index (Phi) is 4.98. The lowest BCUT2D eigenvalue weighted by Gasteiger charge is -2.02. The van der Waals surface area contributed by atoms with E-state index in [1.807, 2.05) is 26.0 Å². The lowest BCUT2D eigenvalue weighted by Crippen LogP contribution is -2.06. The summed E-state index contributed by atoms with van der Waals surface area (Å²) < 4.78 is 10.5. The molecular weight excluding hydrogens is 268 g/mol. The van der Waals surface area contributed by atoms with Crippen LogP contribution in [0.1, 0.15) is 50.0 Å². The maximum absolute atomic E-state index is 11.5. The molecule has 2 aromatic heterocycles. The van der Waals surface area contributed by atoms with Crippen molar-refractivity contribution in [3.63, 3.8) is 0 Å². The molecule has 0 unspecified atom stereocenters. The Balaban J connectivity index is 0.000000774. The summed E-state index contributed by atoms with van der Waals surface area (Å²) in [4.78, 5) is 18.5. The van der Waals surface area contributed by atoms with Crippen LogP contribution in [0.15, 0.2) is 28.7 Å². The first-order chi connectivity index (χ1) is 10.3. The van der Waals surface area contributed by atoms with Gasteiger partial charge in [0.25, 0.3) is 0 Å². The van der Waals surface area contributed by atoms with Crippen LogP contribution in [0.3, 0.4) is 0 Å². The third-order valence-corrected chi connectivity index (χ3v) is 2.93. The van der Waals surface area contributed by atoms with Crippen LogP contribution in [0.5, 0.6) is 0 Å². The molecule has 0 radical (unpaired) electrons. The van der Waals surface area contributed by atoms with E-state index >= 15 is 0 Å². The van der Waals surface area contributed by atoms with Gasteiger partial charge in [0.1, 0.15) is 11.3 Å². The number of hydrogen-bond acceptors (Lipinski definition) is 4. The molecule has 0 spiro atoms. The number of furan rings is 1. The Hall–Kier alpha value is -2.30. The number of fused-ring (bicyclic) bond motifs is 1. The number of aromatic nitrogens is 2. The Labute approximate surface area is 123 Å². The van der Waals surface area contributed by atoms with Crippen molar-refractivity contribution in [1.29, 1.82) is 0 Å². The van der Waals surface area contributed by atoms with Gasteiger partial charge in [-0.1, -0.05) is 32.1 Å². The molecule has 0 aromatic carbocycles. The molecule has 0 amide bonds. The van der Waals surface area contributed by atoms with E-state index in [4.69, 9.17) is 9.15 Å². The average Bonchev–Trinajstić information content (AvgIpc) is 3.09. The first-order valence-electron chi connectivity index (χ1n) is 7.31. The van der Waals surface area contributed by atoms with Crippen LogP contribution < -0.4 is 0 Å². The molecule has 0 saturated carbocycles. The lowest BCUT2D eigenvalue weighted by atomic mass is 10.1. The largest absolute Gasteiger partial charge is 0.460 e. The van der Waals surface area contributed by atoms with Crippen molar-refractivity contribution in [2.24, 2.45) is 0 Å². The minimum absolute atomic E-state index is 0.176. The second kappa shape index (κ2) is 6.92. The summed E-state index contributed by atoms with van der Waals surface area (Å²) in [6, 6.07) is 1.85. The number of ether oxygens (including phenoxy) is 1. The van der Waals surface area contributed by atoms with Crippen molar-refractivity contribution in [1.82, 2.24) is 9.97 Å². The Morgan fingerprint density at radius 1 is 1.43 bits per heavy atom. The van der Waals surface area contributed by atoms with Gasteiger partial charge < -0.3 is 14.1 Å². The molecule has 0 bridgehead atoms. The van der Waals surface area contributed by atoms with Crippen molar-refractivity contribution in [2.45, 2.75) is 33.6 Å². The van der Waals surface area contributed by atoms with Crippen LogP contribution in [-0.4, -0.2) is 22.5 Å². The third-order valence-electron chi connectivity index (χ3n) is 2.93. The molecule has 5 nitrogen and oxygen atoms in total. The van der Waals surface area contributed by atoms with Crippen LogP contribution in [0.25, 0.3) is 16.8 Å². The summed E-state index contributed by atoms with van der Waals surface area (Å²) in [5.41, 5.74) is 2.19.